The van der Waals surface area contributed by atoms with Gasteiger partial charge in [-0.2, -0.15) is 5.10 Å². The molecule has 1 unspecified atom stereocenters. The van der Waals surface area contributed by atoms with Crippen molar-refractivity contribution in [1.29, 1.82) is 0 Å². The molecule has 0 aromatic heterocycles. The van der Waals surface area contributed by atoms with Crippen molar-refractivity contribution in [2.45, 2.75) is 26.3 Å². The van der Waals surface area contributed by atoms with Crippen LogP contribution in [0.2, 0.25) is 0 Å². The zero-order valence-electron chi connectivity index (χ0n) is 11.4. The van der Waals surface area contributed by atoms with Gasteiger partial charge in [0.05, 0.1) is 11.7 Å². The summed E-state index contributed by atoms with van der Waals surface area (Å²) in [5.41, 5.74) is 4.95. The second kappa shape index (κ2) is 4.88. The van der Waals surface area contributed by atoms with E-state index in [1.54, 1.807) is 0 Å². The summed E-state index contributed by atoms with van der Waals surface area (Å²) in [6.45, 7) is 4.21. The number of aryl methyl sites for hydroxylation is 1. The summed E-state index contributed by atoms with van der Waals surface area (Å²) in [6.07, 6.45) is 0.998. The van der Waals surface area contributed by atoms with Crippen LogP contribution in [0.5, 0.6) is 0 Å². The van der Waals surface area contributed by atoms with Crippen LogP contribution in [0.25, 0.3) is 0 Å². The van der Waals surface area contributed by atoms with E-state index in [9.17, 15) is 0 Å². The van der Waals surface area contributed by atoms with Gasteiger partial charge in [-0.3, -0.25) is 5.01 Å². The van der Waals surface area contributed by atoms with Crippen molar-refractivity contribution in [3.8, 4) is 0 Å². The molecule has 2 aromatic rings. The van der Waals surface area contributed by atoms with Crippen LogP contribution in [0.3, 0.4) is 0 Å². The number of nitrogens with zero attached hydrogens (tertiary/aromatic N) is 2. The molecule has 3 rings (SSSR count). The largest absolute Gasteiger partial charge is 0.258 e. The van der Waals surface area contributed by atoms with E-state index in [4.69, 9.17) is 5.10 Å². The summed E-state index contributed by atoms with van der Waals surface area (Å²) in [5.74, 6) is 0. The molecule has 0 radical (unpaired) electrons. The first-order valence-electron chi connectivity index (χ1n) is 6.69. The quantitative estimate of drug-likeness (QED) is 0.775. The van der Waals surface area contributed by atoms with Crippen molar-refractivity contribution >= 4 is 11.4 Å². The molecule has 0 saturated heterocycles. The van der Waals surface area contributed by atoms with Crippen molar-refractivity contribution in [1.82, 2.24) is 0 Å². The zero-order chi connectivity index (χ0) is 13.2. The van der Waals surface area contributed by atoms with E-state index in [-0.39, 0.29) is 0 Å². The van der Waals surface area contributed by atoms with Crippen LogP contribution in [-0.2, 0) is 0 Å². The van der Waals surface area contributed by atoms with Gasteiger partial charge in [0, 0.05) is 12.1 Å². The molecule has 2 nitrogen and oxygen atoms in total. The topological polar surface area (TPSA) is 15.6 Å². The summed E-state index contributed by atoms with van der Waals surface area (Å²) >= 11 is 0. The number of benzene rings is 2. The van der Waals surface area contributed by atoms with Crippen molar-refractivity contribution in [2.24, 2.45) is 5.10 Å². The maximum Gasteiger partial charge on any atom is 0.0828 e. The van der Waals surface area contributed by atoms with Gasteiger partial charge in [0.1, 0.15) is 0 Å². The molecule has 0 amide bonds. The smallest absolute Gasteiger partial charge is 0.0828 e. The first-order valence-corrected chi connectivity index (χ1v) is 6.69. The first-order chi connectivity index (χ1) is 9.24. The summed E-state index contributed by atoms with van der Waals surface area (Å²) in [6, 6.07) is 19.5. The van der Waals surface area contributed by atoms with Crippen molar-refractivity contribution < 1.29 is 0 Å². The van der Waals surface area contributed by atoms with Gasteiger partial charge in [-0.15, -0.1) is 0 Å². The van der Waals surface area contributed by atoms with Crippen LogP contribution in [0, 0.1) is 6.92 Å². The van der Waals surface area contributed by atoms with Crippen LogP contribution < -0.4 is 5.01 Å². The molecule has 2 aromatic carbocycles. The van der Waals surface area contributed by atoms with E-state index in [1.807, 2.05) is 0 Å². The third-order valence-corrected chi connectivity index (χ3v) is 3.55. The summed E-state index contributed by atoms with van der Waals surface area (Å²) < 4.78 is 0. The molecule has 0 N–H and O–H groups in total. The van der Waals surface area contributed by atoms with Crippen LogP contribution in [0.4, 0.5) is 5.69 Å². The number of hydrogen-bond donors (Lipinski definition) is 0. The van der Waals surface area contributed by atoms with E-state index in [0.29, 0.717) is 6.04 Å². The van der Waals surface area contributed by atoms with Gasteiger partial charge in [0.25, 0.3) is 0 Å². The van der Waals surface area contributed by atoms with Gasteiger partial charge in [-0.25, -0.2) is 0 Å². The van der Waals surface area contributed by atoms with Gasteiger partial charge in [-0.05, 0) is 31.5 Å². The lowest BCUT2D eigenvalue weighted by Gasteiger charge is -2.24. The Balaban J connectivity index is 1.96. The lowest BCUT2D eigenvalue weighted by Crippen LogP contribution is -2.18. The molecule has 0 spiro atoms. The van der Waals surface area contributed by atoms with E-state index in [2.05, 4.69) is 73.5 Å². The summed E-state index contributed by atoms with van der Waals surface area (Å²) in [7, 11) is 0. The van der Waals surface area contributed by atoms with Crippen LogP contribution in [-0.4, -0.2) is 5.71 Å². The highest BCUT2D eigenvalue weighted by molar-refractivity contribution is 5.86. The molecule has 2 heteroatoms. The van der Waals surface area contributed by atoms with E-state index in [0.717, 1.165) is 12.1 Å². The molecule has 1 atom stereocenters. The van der Waals surface area contributed by atoms with Gasteiger partial charge in [0.15, 0.2) is 0 Å². The molecule has 0 bridgehead atoms. The molecule has 1 aliphatic rings. The van der Waals surface area contributed by atoms with Crippen molar-refractivity contribution in [2.75, 3.05) is 5.01 Å². The minimum Gasteiger partial charge on any atom is -0.258 e. The fourth-order valence-electron chi connectivity index (χ4n) is 2.53. The first kappa shape index (κ1) is 12.0. The monoisotopic (exact) mass is 250 g/mol. The van der Waals surface area contributed by atoms with Crippen molar-refractivity contribution in [3.63, 3.8) is 0 Å². The molecule has 19 heavy (non-hydrogen) atoms. The third-order valence-electron chi connectivity index (χ3n) is 3.55. The Hall–Kier alpha value is -2.09. The predicted octanol–water partition coefficient (Wildman–Crippen LogP) is 4.32. The van der Waals surface area contributed by atoms with Gasteiger partial charge >= 0.3 is 0 Å². The van der Waals surface area contributed by atoms with Gasteiger partial charge < -0.3 is 0 Å². The highest BCUT2D eigenvalue weighted by Crippen LogP contribution is 2.34. The molecular weight excluding hydrogens is 232 g/mol. The molecule has 1 aliphatic heterocycles. The second-order valence-electron chi connectivity index (χ2n) is 5.15. The number of anilines is 1. The van der Waals surface area contributed by atoms with E-state index >= 15 is 0 Å². The maximum atomic E-state index is 4.70. The Bertz CT molecular complexity index is 584. The van der Waals surface area contributed by atoms with E-state index in [1.165, 1.54) is 16.8 Å². The Labute approximate surface area is 114 Å². The van der Waals surface area contributed by atoms with Crippen LogP contribution in [0.1, 0.15) is 30.5 Å². The number of hydrogen-bond acceptors (Lipinski definition) is 2. The Morgan fingerprint density at radius 2 is 1.63 bits per heavy atom. The zero-order valence-corrected chi connectivity index (χ0v) is 11.4. The summed E-state index contributed by atoms with van der Waals surface area (Å²) in [4.78, 5) is 0. The molecule has 96 valence electrons. The molecule has 0 fully saturated rings. The molecule has 0 aliphatic carbocycles. The number of hydrazone groups is 1. The fraction of sp³-hybridized carbons (Fsp3) is 0.235. The standard InChI is InChI=1S/C17H18N2/c1-13-8-10-16(11-9-13)19-17(12-14(2)18-19)15-6-4-3-5-7-15/h3-11,17H,12H2,1-2H3. The van der Waals surface area contributed by atoms with Crippen LogP contribution >= 0.6 is 0 Å². The summed E-state index contributed by atoms with van der Waals surface area (Å²) in [5, 5.41) is 6.84. The normalized spacial score (nSPS) is 18.5. The van der Waals surface area contributed by atoms with Gasteiger partial charge in [0.2, 0.25) is 0 Å². The highest BCUT2D eigenvalue weighted by Gasteiger charge is 2.26. The minimum absolute atomic E-state index is 0.323. The minimum atomic E-state index is 0.323. The third kappa shape index (κ3) is 2.39. The maximum absolute atomic E-state index is 4.70. The molecular formula is C17H18N2. The number of rotatable bonds is 2. The average Bonchev–Trinajstić information content (AvgIpc) is 2.83. The average molecular weight is 250 g/mol. The fourth-order valence-corrected chi connectivity index (χ4v) is 2.53. The Morgan fingerprint density at radius 1 is 0.947 bits per heavy atom. The Morgan fingerprint density at radius 3 is 2.32 bits per heavy atom. The van der Waals surface area contributed by atoms with Crippen LogP contribution in [0.15, 0.2) is 59.7 Å². The Kier molecular flexibility index (Phi) is 3.08. The lowest BCUT2D eigenvalue weighted by atomic mass is 10.0. The lowest BCUT2D eigenvalue weighted by molar-refractivity contribution is 0.708. The molecule has 0 saturated carbocycles. The highest BCUT2D eigenvalue weighted by atomic mass is 15.5. The second-order valence-corrected chi connectivity index (χ2v) is 5.15. The molecule has 1 heterocycles. The van der Waals surface area contributed by atoms with Crippen molar-refractivity contribution in [3.05, 3.63) is 65.7 Å². The SMILES string of the molecule is CC1=NN(c2ccc(C)cc2)C(c2ccccc2)C1. The van der Waals surface area contributed by atoms with E-state index < -0.39 is 0 Å². The predicted molar refractivity (Wildman–Crippen MR) is 80.6 cm³/mol. The van der Waals surface area contributed by atoms with Gasteiger partial charge in [-0.1, -0.05) is 48.0 Å².